The van der Waals surface area contributed by atoms with Crippen molar-refractivity contribution in [1.82, 2.24) is 0 Å². The van der Waals surface area contributed by atoms with E-state index >= 15 is 0 Å². The Morgan fingerprint density at radius 2 is 1.11 bits per heavy atom. The molecule has 0 aromatic rings. The lowest BCUT2D eigenvalue weighted by Crippen LogP contribution is -2.63. The molecule has 0 aromatic heterocycles. The maximum absolute atomic E-state index is 12.5. The topological polar surface area (TPSA) is 43.4 Å². The normalized spacial score (nSPS) is 15.9. The highest BCUT2D eigenvalue weighted by atomic mass is 32.2. The van der Waals surface area contributed by atoms with E-state index in [1.807, 2.05) is 0 Å². The van der Waals surface area contributed by atoms with Crippen molar-refractivity contribution in [3.63, 3.8) is 0 Å². The Morgan fingerprint density at radius 1 is 0.778 bits per heavy atom. The molecule has 0 spiro atoms. The smallest absolute Gasteiger partial charge is 0.263 e. The predicted molar refractivity (Wildman–Crippen MR) is 36.3 cm³/mol. The first-order valence-electron chi connectivity index (χ1n) is 3.44. The summed E-state index contributed by atoms with van der Waals surface area (Å²) in [6, 6.07) is 0. The van der Waals surface area contributed by atoms with E-state index in [1.54, 1.807) is 7.11 Å². The largest absolute Gasteiger partial charge is 0.460 e. The van der Waals surface area contributed by atoms with Gasteiger partial charge in [-0.2, -0.15) is 47.9 Å². The van der Waals surface area contributed by atoms with Crippen molar-refractivity contribution in [3.8, 4) is 0 Å². The van der Waals surface area contributed by atoms with Gasteiger partial charge < -0.3 is 0 Å². The molecule has 3 nitrogen and oxygen atoms in total. The van der Waals surface area contributed by atoms with Crippen LogP contribution in [0, 0.1) is 7.11 Å². The molecule has 0 bridgehead atoms. The Bertz CT molecular complexity index is 408. The van der Waals surface area contributed by atoms with Crippen molar-refractivity contribution in [1.29, 1.82) is 0 Å². The third-order valence-corrected chi connectivity index (χ3v) is 2.78. The second-order valence-electron chi connectivity index (χ2n) is 2.74. The van der Waals surface area contributed by atoms with Crippen LogP contribution in [0.2, 0.25) is 0 Å². The van der Waals surface area contributed by atoms with Crippen LogP contribution in [0.3, 0.4) is 0 Å². The first kappa shape index (κ1) is 17.3. The molecule has 18 heavy (non-hydrogen) atoms. The molecular formula is C5H2F9O3S. The lowest BCUT2D eigenvalue weighted by Gasteiger charge is -2.32. The van der Waals surface area contributed by atoms with Gasteiger partial charge in [0.15, 0.2) is 0 Å². The van der Waals surface area contributed by atoms with Crippen LogP contribution in [0.1, 0.15) is 0 Å². The number of alkyl halides is 9. The fraction of sp³-hybridized carbons (Fsp3) is 0.800. The molecule has 0 aliphatic carbocycles. The molecule has 0 N–H and O–H groups in total. The quantitative estimate of drug-likeness (QED) is 0.592. The average Bonchev–Trinajstić information content (AvgIpc) is 2.15. The summed E-state index contributed by atoms with van der Waals surface area (Å²) in [5.74, 6) is -14.6. The lowest BCUT2D eigenvalue weighted by atomic mass is 10.1. The van der Waals surface area contributed by atoms with E-state index in [-0.39, 0.29) is 0 Å². The lowest BCUT2D eigenvalue weighted by molar-refractivity contribution is -0.382. The Hall–Kier alpha value is -0.720. The van der Waals surface area contributed by atoms with E-state index in [9.17, 15) is 47.9 Å². The van der Waals surface area contributed by atoms with Gasteiger partial charge in [0, 0.05) is 0 Å². The van der Waals surface area contributed by atoms with Crippen molar-refractivity contribution in [2.45, 2.75) is 23.3 Å². The molecule has 0 saturated heterocycles. The van der Waals surface area contributed by atoms with Crippen LogP contribution >= 0.6 is 0 Å². The van der Waals surface area contributed by atoms with Gasteiger partial charge in [-0.3, -0.25) is 4.18 Å². The fourth-order valence-corrected chi connectivity index (χ4v) is 1.18. The zero-order valence-corrected chi connectivity index (χ0v) is 8.56. The van der Waals surface area contributed by atoms with E-state index in [1.165, 1.54) is 0 Å². The Kier molecular flexibility index (Phi) is 3.98. The Labute approximate surface area is 93.6 Å². The zero-order valence-electron chi connectivity index (χ0n) is 7.74. The van der Waals surface area contributed by atoms with Gasteiger partial charge in [-0.25, -0.2) is 0 Å². The molecule has 13 heteroatoms. The van der Waals surface area contributed by atoms with E-state index < -0.39 is 33.4 Å². The van der Waals surface area contributed by atoms with Gasteiger partial charge in [-0.1, -0.05) is 0 Å². The summed E-state index contributed by atoms with van der Waals surface area (Å²) in [5.41, 5.74) is 0. The van der Waals surface area contributed by atoms with Gasteiger partial charge >= 0.3 is 33.4 Å². The van der Waals surface area contributed by atoms with Crippen LogP contribution in [0.15, 0.2) is 0 Å². The average molecular weight is 313 g/mol. The summed E-state index contributed by atoms with van der Waals surface area (Å²) in [6.07, 6.45) is -7.10. The molecule has 0 atom stereocenters. The predicted octanol–water partition coefficient (Wildman–Crippen LogP) is 2.55. The van der Waals surface area contributed by atoms with E-state index in [4.69, 9.17) is 0 Å². The van der Waals surface area contributed by atoms with Gasteiger partial charge in [0.2, 0.25) is 0 Å². The van der Waals surface area contributed by atoms with Crippen LogP contribution in [0.5, 0.6) is 0 Å². The van der Waals surface area contributed by atoms with Crippen LogP contribution in [0.4, 0.5) is 39.5 Å². The molecule has 0 fully saturated rings. The molecular weight excluding hydrogens is 311 g/mol. The van der Waals surface area contributed by atoms with Crippen molar-refractivity contribution in [3.05, 3.63) is 7.11 Å². The molecule has 0 saturated carbocycles. The number of rotatable bonds is 4. The third kappa shape index (κ3) is 2.13. The molecule has 0 rings (SSSR count). The molecule has 0 aliphatic rings. The monoisotopic (exact) mass is 313 g/mol. The molecule has 0 heterocycles. The van der Waals surface area contributed by atoms with Gasteiger partial charge in [-0.05, 0) is 0 Å². The van der Waals surface area contributed by atoms with Crippen LogP contribution in [-0.4, -0.2) is 31.7 Å². The van der Waals surface area contributed by atoms with E-state index in [0.29, 0.717) is 0 Å². The highest BCUT2D eigenvalue weighted by Gasteiger charge is 2.85. The second kappa shape index (κ2) is 4.15. The number of hydrogen-bond acceptors (Lipinski definition) is 3. The van der Waals surface area contributed by atoms with Gasteiger partial charge in [0.1, 0.15) is 0 Å². The van der Waals surface area contributed by atoms with Crippen LogP contribution < -0.4 is 0 Å². The highest BCUT2D eigenvalue weighted by Crippen LogP contribution is 2.54. The van der Waals surface area contributed by atoms with E-state index in [2.05, 4.69) is 4.18 Å². The van der Waals surface area contributed by atoms with Crippen LogP contribution in [-0.2, 0) is 14.3 Å². The molecule has 0 aromatic carbocycles. The molecule has 0 amide bonds. The van der Waals surface area contributed by atoms with Gasteiger partial charge in [0.05, 0.1) is 7.11 Å². The number of halogens is 9. The Balaban J connectivity index is 5.96. The van der Waals surface area contributed by atoms with Crippen LogP contribution in [0.25, 0.3) is 0 Å². The molecule has 0 unspecified atom stereocenters. The molecule has 1 radical (unpaired) electrons. The highest BCUT2D eigenvalue weighted by molar-refractivity contribution is 7.87. The maximum Gasteiger partial charge on any atom is 0.460 e. The summed E-state index contributed by atoms with van der Waals surface area (Å²) in [5, 5.41) is -6.83. The van der Waals surface area contributed by atoms with E-state index in [0.717, 1.165) is 0 Å². The van der Waals surface area contributed by atoms with Gasteiger partial charge in [-0.15, -0.1) is 0 Å². The first-order valence-corrected chi connectivity index (χ1v) is 4.85. The van der Waals surface area contributed by atoms with Crippen molar-refractivity contribution >= 4 is 10.1 Å². The summed E-state index contributed by atoms with van der Waals surface area (Å²) in [4.78, 5) is 0. The minimum absolute atomic E-state index is 1.75. The van der Waals surface area contributed by atoms with Crippen molar-refractivity contribution in [2.24, 2.45) is 0 Å². The summed E-state index contributed by atoms with van der Waals surface area (Å²) in [7, 11) is -5.02. The summed E-state index contributed by atoms with van der Waals surface area (Å²) in [6.45, 7) is 0. The van der Waals surface area contributed by atoms with Crippen molar-refractivity contribution < 1.29 is 52.1 Å². The minimum Gasteiger partial charge on any atom is -0.263 e. The van der Waals surface area contributed by atoms with Crippen molar-refractivity contribution in [2.75, 3.05) is 0 Å². The van der Waals surface area contributed by atoms with Gasteiger partial charge in [0.25, 0.3) is 0 Å². The molecule has 0 aliphatic heterocycles. The minimum atomic E-state index is -7.30. The summed E-state index contributed by atoms with van der Waals surface area (Å²) >= 11 is 0. The second-order valence-corrected chi connectivity index (χ2v) is 4.39. The standard InChI is InChI=1S/C5H2F9O3S/c1-17-18(15,16)5(13,14)3(8,9)2(6,7)4(10,11)12/h1H2. The zero-order chi connectivity index (χ0) is 15.2. The summed E-state index contributed by atoms with van der Waals surface area (Å²) < 4.78 is 132. The fourth-order valence-electron chi connectivity index (χ4n) is 0.592. The first-order chi connectivity index (χ1) is 7.56. The maximum atomic E-state index is 12.5. The number of hydrogen-bond donors (Lipinski definition) is 0. The third-order valence-electron chi connectivity index (χ3n) is 1.59. The SMILES string of the molecule is [CH2]OS(=O)(=O)C(F)(F)C(F)(F)C(F)(F)C(F)(F)F. The Morgan fingerprint density at radius 3 is 1.33 bits per heavy atom. The molecule has 109 valence electrons.